The van der Waals surface area contributed by atoms with E-state index in [1.54, 1.807) is 0 Å². The average Bonchev–Trinajstić information content (AvgIpc) is 2.69. The van der Waals surface area contributed by atoms with E-state index >= 15 is 0 Å². The van der Waals surface area contributed by atoms with E-state index < -0.39 is 5.41 Å². The molecule has 0 amide bonds. The molecule has 0 aliphatic carbocycles. The first kappa shape index (κ1) is 17.7. The Bertz CT molecular complexity index is 1360. The first-order valence-electron chi connectivity index (χ1n) is 9.95. The molecule has 0 fully saturated rings. The first-order chi connectivity index (χ1) is 13.9. The Morgan fingerprint density at radius 3 is 2.62 bits per heavy atom. The molecule has 3 aromatic carbocycles. The number of aryl methyl sites for hydroxylation is 2. The molecule has 0 radical (unpaired) electrons. The molecule has 0 saturated heterocycles. The predicted molar refractivity (Wildman–Crippen MR) is 116 cm³/mol. The van der Waals surface area contributed by atoms with Crippen molar-refractivity contribution in [3.8, 4) is 28.8 Å². The molecule has 1 aliphatic heterocycles. The van der Waals surface area contributed by atoms with Crippen LogP contribution in [0.5, 0.6) is 11.5 Å². The van der Waals surface area contributed by atoms with Crippen molar-refractivity contribution in [2.24, 2.45) is 12.5 Å². The lowest BCUT2D eigenvalue weighted by molar-refractivity contribution is -0.659. The second kappa shape index (κ2) is 6.06. The van der Waals surface area contributed by atoms with Gasteiger partial charge in [-0.3, -0.25) is 0 Å². The van der Waals surface area contributed by atoms with E-state index in [9.17, 15) is 5.26 Å². The van der Waals surface area contributed by atoms with Crippen molar-refractivity contribution in [1.82, 2.24) is 0 Å². The standard InChI is InChI=1S/C26H23N2O/c1-16-20-8-6-5-7-18(20)13-22-23(16)25-24-19(9-10-28(25)4)11-17(12-21(24)29-22)14-26(2,3)15-27/h5-13H,14H2,1-4H3/q+1. The molecule has 1 aromatic heterocycles. The Balaban J connectivity index is 1.83. The summed E-state index contributed by atoms with van der Waals surface area (Å²) in [6.07, 6.45) is 2.81. The third kappa shape index (κ3) is 2.68. The van der Waals surface area contributed by atoms with Crippen LogP contribution in [0.15, 0.2) is 54.7 Å². The fraction of sp³-hybridized carbons (Fsp3) is 0.231. The maximum absolute atomic E-state index is 9.46. The maximum Gasteiger partial charge on any atom is 0.228 e. The number of pyridine rings is 1. The van der Waals surface area contributed by atoms with E-state index in [4.69, 9.17) is 4.74 Å². The van der Waals surface area contributed by atoms with E-state index in [0.717, 1.165) is 33.4 Å². The van der Waals surface area contributed by atoms with Gasteiger partial charge in [0.05, 0.1) is 22.4 Å². The van der Waals surface area contributed by atoms with Crippen molar-refractivity contribution < 1.29 is 9.30 Å². The van der Waals surface area contributed by atoms with Crippen LogP contribution in [0.1, 0.15) is 25.0 Å². The smallest absolute Gasteiger partial charge is 0.228 e. The van der Waals surface area contributed by atoms with Crippen LogP contribution < -0.4 is 9.30 Å². The van der Waals surface area contributed by atoms with Crippen molar-refractivity contribution in [2.45, 2.75) is 27.2 Å². The lowest BCUT2D eigenvalue weighted by Gasteiger charge is -2.23. The third-order valence-electron chi connectivity index (χ3n) is 5.94. The van der Waals surface area contributed by atoms with Crippen LogP contribution in [0.3, 0.4) is 0 Å². The number of fused-ring (bicyclic) bond motifs is 3. The van der Waals surface area contributed by atoms with Crippen molar-refractivity contribution in [1.29, 1.82) is 5.26 Å². The van der Waals surface area contributed by atoms with Gasteiger partial charge in [-0.15, -0.1) is 0 Å². The molecule has 3 heteroatoms. The summed E-state index contributed by atoms with van der Waals surface area (Å²) in [6, 6.07) is 19.5. The van der Waals surface area contributed by atoms with Crippen LogP contribution in [0.2, 0.25) is 0 Å². The summed E-state index contributed by atoms with van der Waals surface area (Å²) < 4.78 is 8.67. The lowest BCUT2D eigenvalue weighted by Crippen LogP contribution is -2.31. The second-order valence-corrected chi connectivity index (χ2v) is 8.70. The quantitative estimate of drug-likeness (QED) is 0.353. The van der Waals surface area contributed by atoms with E-state index in [1.807, 2.05) is 13.8 Å². The topological polar surface area (TPSA) is 36.9 Å². The van der Waals surface area contributed by atoms with Crippen LogP contribution in [-0.2, 0) is 13.5 Å². The van der Waals surface area contributed by atoms with E-state index in [-0.39, 0.29) is 0 Å². The third-order valence-corrected chi connectivity index (χ3v) is 5.94. The predicted octanol–water partition coefficient (Wildman–Crippen LogP) is 5.99. The number of nitrogens with zero attached hydrogens (tertiary/aromatic N) is 2. The number of ether oxygens (including phenoxy) is 1. The number of hydrogen-bond donors (Lipinski definition) is 0. The minimum Gasteiger partial charge on any atom is -0.456 e. The SMILES string of the molecule is Cc1c2c(cc3ccccc13)Oc1cc(CC(C)(C)C#N)cc3cc[n+](C)c-2c13. The molecule has 0 N–H and O–H groups in total. The molecule has 29 heavy (non-hydrogen) atoms. The van der Waals surface area contributed by atoms with Crippen LogP contribution in [-0.4, -0.2) is 0 Å². The minimum atomic E-state index is -0.415. The molecule has 0 bridgehead atoms. The first-order valence-corrected chi connectivity index (χ1v) is 9.95. The Morgan fingerprint density at radius 1 is 1.03 bits per heavy atom. The van der Waals surface area contributed by atoms with Gasteiger partial charge in [0.25, 0.3) is 0 Å². The molecule has 0 atom stereocenters. The number of hydrogen-bond acceptors (Lipinski definition) is 2. The fourth-order valence-electron chi connectivity index (χ4n) is 4.55. The van der Waals surface area contributed by atoms with Crippen LogP contribution >= 0.6 is 0 Å². The summed E-state index contributed by atoms with van der Waals surface area (Å²) in [6.45, 7) is 6.13. The van der Waals surface area contributed by atoms with Gasteiger partial charge in [-0.2, -0.15) is 5.26 Å². The van der Waals surface area contributed by atoms with E-state index in [2.05, 4.69) is 79.3 Å². The second-order valence-electron chi connectivity index (χ2n) is 8.70. The van der Waals surface area contributed by atoms with Gasteiger partial charge >= 0.3 is 0 Å². The Hall–Kier alpha value is -3.38. The molecular formula is C26H23N2O+. The van der Waals surface area contributed by atoms with Gasteiger partial charge in [0.1, 0.15) is 18.5 Å². The van der Waals surface area contributed by atoms with Gasteiger partial charge in [-0.25, -0.2) is 4.57 Å². The van der Waals surface area contributed by atoms with Crippen molar-refractivity contribution in [3.63, 3.8) is 0 Å². The monoisotopic (exact) mass is 379 g/mol. The van der Waals surface area contributed by atoms with Crippen molar-refractivity contribution in [2.75, 3.05) is 0 Å². The zero-order chi connectivity index (χ0) is 20.3. The summed E-state index contributed by atoms with van der Waals surface area (Å²) in [7, 11) is 2.09. The molecule has 4 aromatic rings. The number of rotatable bonds is 2. The summed E-state index contributed by atoms with van der Waals surface area (Å²) in [5.41, 5.74) is 4.30. The summed E-state index contributed by atoms with van der Waals surface area (Å²) in [4.78, 5) is 0. The Morgan fingerprint density at radius 2 is 1.83 bits per heavy atom. The average molecular weight is 379 g/mol. The number of aromatic nitrogens is 1. The van der Waals surface area contributed by atoms with E-state index in [1.165, 1.54) is 22.0 Å². The summed E-state index contributed by atoms with van der Waals surface area (Å²) >= 11 is 0. The Kier molecular flexibility index (Phi) is 3.70. The maximum atomic E-state index is 9.46. The lowest BCUT2D eigenvalue weighted by atomic mass is 9.85. The molecular weight excluding hydrogens is 356 g/mol. The fourth-order valence-corrected chi connectivity index (χ4v) is 4.55. The molecule has 3 nitrogen and oxygen atoms in total. The van der Waals surface area contributed by atoms with Gasteiger partial charge in [0, 0.05) is 6.07 Å². The van der Waals surface area contributed by atoms with Crippen LogP contribution in [0, 0.1) is 23.7 Å². The highest BCUT2D eigenvalue weighted by Crippen LogP contribution is 2.48. The van der Waals surface area contributed by atoms with Crippen LogP contribution in [0.25, 0.3) is 32.8 Å². The van der Waals surface area contributed by atoms with Crippen molar-refractivity contribution >= 4 is 21.5 Å². The van der Waals surface area contributed by atoms with Gasteiger partial charge in [-0.05, 0) is 66.6 Å². The number of benzene rings is 3. The largest absolute Gasteiger partial charge is 0.456 e. The minimum absolute atomic E-state index is 0.415. The number of nitriles is 1. The molecule has 0 saturated carbocycles. The summed E-state index contributed by atoms with van der Waals surface area (Å²) in [5.74, 6) is 1.77. The highest BCUT2D eigenvalue weighted by molar-refractivity contribution is 6.05. The highest BCUT2D eigenvalue weighted by atomic mass is 16.5. The van der Waals surface area contributed by atoms with Crippen LogP contribution in [0.4, 0.5) is 0 Å². The molecule has 2 heterocycles. The van der Waals surface area contributed by atoms with E-state index in [0.29, 0.717) is 6.42 Å². The molecule has 5 rings (SSSR count). The van der Waals surface area contributed by atoms with Gasteiger partial charge < -0.3 is 4.74 Å². The molecule has 142 valence electrons. The van der Waals surface area contributed by atoms with Gasteiger partial charge in [0.15, 0.2) is 6.20 Å². The van der Waals surface area contributed by atoms with Crippen molar-refractivity contribution in [3.05, 3.63) is 65.9 Å². The Labute approximate surface area is 170 Å². The molecule has 0 spiro atoms. The molecule has 1 aliphatic rings. The molecule has 0 unspecified atom stereocenters. The zero-order valence-electron chi connectivity index (χ0n) is 17.2. The highest BCUT2D eigenvalue weighted by Gasteiger charge is 2.31. The van der Waals surface area contributed by atoms with Gasteiger partial charge in [-0.1, -0.05) is 30.3 Å². The zero-order valence-corrected chi connectivity index (χ0v) is 17.2. The summed E-state index contributed by atoms with van der Waals surface area (Å²) in [5, 5.41) is 14.2. The normalized spacial score (nSPS) is 12.5. The van der Waals surface area contributed by atoms with Gasteiger partial charge in [0.2, 0.25) is 5.69 Å².